The number of aromatic amines is 1. The molecular formula is C21H20FN3O4. The number of amides is 1. The molecule has 3 aromatic rings. The molecule has 8 heteroatoms. The fourth-order valence-electron chi connectivity index (χ4n) is 2.73. The molecule has 0 saturated carbocycles. The third-order valence-corrected chi connectivity index (χ3v) is 4.22. The Labute approximate surface area is 165 Å². The highest BCUT2D eigenvalue weighted by Gasteiger charge is 2.09. The van der Waals surface area contributed by atoms with Gasteiger partial charge in [-0.1, -0.05) is 24.3 Å². The number of halogens is 1. The number of fused-ring (bicyclic) bond motifs is 1. The fourth-order valence-corrected chi connectivity index (χ4v) is 2.73. The van der Waals surface area contributed by atoms with Gasteiger partial charge in [0.25, 0.3) is 11.5 Å². The van der Waals surface area contributed by atoms with E-state index in [-0.39, 0.29) is 30.9 Å². The number of esters is 1. The van der Waals surface area contributed by atoms with Crippen LogP contribution in [0.1, 0.15) is 24.2 Å². The van der Waals surface area contributed by atoms with Crippen molar-refractivity contribution in [3.05, 3.63) is 76.1 Å². The lowest BCUT2D eigenvalue weighted by Gasteiger charge is -2.07. The van der Waals surface area contributed by atoms with E-state index in [0.29, 0.717) is 29.6 Å². The molecule has 2 N–H and O–H groups in total. The maximum absolute atomic E-state index is 12.8. The number of hydrogen-bond acceptors (Lipinski definition) is 5. The van der Waals surface area contributed by atoms with Crippen LogP contribution in [-0.4, -0.2) is 28.5 Å². The summed E-state index contributed by atoms with van der Waals surface area (Å²) in [4.78, 5) is 42.6. The number of para-hydroxylation sites is 1. The molecule has 3 rings (SSSR count). The standard InChI is InChI=1S/C21H20FN3O4/c22-15-10-8-14(9-11-15)12-23-19(26)13-29-20(27)7-3-6-18-24-17-5-2-1-4-16(17)21(28)25-18/h1-2,4-5,8-11H,3,6-7,12-13H2,(H,23,26)(H,24,25,28). The molecule has 0 aliphatic heterocycles. The predicted molar refractivity (Wildman–Crippen MR) is 105 cm³/mol. The van der Waals surface area contributed by atoms with Gasteiger partial charge in [0, 0.05) is 19.4 Å². The van der Waals surface area contributed by atoms with Gasteiger partial charge in [-0.2, -0.15) is 0 Å². The maximum atomic E-state index is 12.8. The second-order valence-corrected chi connectivity index (χ2v) is 6.45. The first-order chi connectivity index (χ1) is 14.0. The third-order valence-electron chi connectivity index (χ3n) is 4.22. The van der Waals surface area contributed by atoms with Gasteiger partial charge >= 0.3 is 5.97 Å². The summed E-state index contributed by atoms with van der Waals surface area (Å²) in [5.74, 6) is -0.802. The zero-order valence-electron chi connectivity index (χ0n) is 15.6. The van der Waals surface area contributed by atoms with Crippen molar-refractivity contribution >= 4 is 22.8 Å². The van der Waals surface area contributed by atoms with Gasteiger partial charge in [-0.15, -0.1) is 0 Å². The van der Waals surface area contributed by atoms with Gasteiger partial charge in [0.2, 0.25) is 0 Å². The lowest BCUT2D eigenvalue weighted by Crippen LogP contribution is -2.28. The van der Waals surface area contributed by atoms with Gasteiger partial charge in [0.05, 0.1) is 10.9 Å². The Morgan fingerprint density at radius 1 is 1.10 bits per heavy atom. The first-order valence-electron chi connectivity index (χ1n) is 9.16. The Balaban J connectivity index is 1.38. The Morgan fingerprint density at radius 3 is 2.66 bits per heavy atom. The zero-order valence-corrected chi connectivity index (χ0v) is 15.6. The van der Waals surface area contributed by atoms with Crippen LogP contribution in [0.25, 0.3) is 10.9 Å². The number of rotatable bonds is 8. The molecule has 1 heterocycles. The lowest BCUT2D eigenvalue weighted by molar-refractivity contribution is -0.148. The molecule has 2 aromatic carbocycles. The summed E-state index contributed by atoms with van der Waals surface area (Å²) in [6.45, 7) is -0.164. The Hall–Kier alpha value is -3.55. The van der Waals surface area contributed by atoms with E-state index < -0.39 is 11.9 Å². The summed E-state index contributed by atoms with van der Waals surface area (Å²) in [6, 6.07) is 12.8. The summed E-state index contributed by atoms with van der Waals surface area (Å²) in [5.41, 5.74) is 1.13. The van der Waals surface area contributed by atoms with Crippen molar-refractivity contribution in [2.75, 3.05) is 6.61 Å². The number of carbonyl (C=O) groups is 2. The van der Waals surface area contributed by atoms with Crippen LogP contribution in [-0.2, 0) is 27.3 Å². The third kappa shape index (κ3) is 5.97. The largest absolute Gasteiger partial charge is 0.456 e. The van der Waals surface area contributed by atoms with Crippen LogP contribution >= 0.6 is 0 Å². The van der Waals surface area contributed by atoms with Crippen LogP contribution in [0.3, 0.4) is 0 Å². The number of aryl methyl sites for hydroxylation is 1. The minimum absolute atomic E-state index is 0.0990. The summed E-state index contributed by atoms with van der Waals surface area (Å²) in [7, 11) is 0. The van der Waals surface area contributed by atoms with Crippen LogP contribution < -0.4 is 10.9 Å². The van der Waals surface area contributed by atoms with Crippen molar-refractivity contribution < 1.29 is 18.7 Å². The number of benzene rings is 2. The summed E-state index contributed by atoms with van der Waals surface area (Å²) in [6.07, 6.45) is 0.936. The number of carbonyl (C=O) groups excluding carboxylic acids is 2. The molecule has 0 radical (unpaired) electrons. The molecule has 0 atom stereocenters. The molecule has 0 bridgehead atoms. The van der Waals surface area contributed by atoms with Gasteiger partial charge in [-0.05, 0) is 36.2 Å². The quantitative estimate of drug-likeness (QED) is 0.568. The number of ether oxygens (including phenoxy) is 1. The van der Waals surface area contributed by atoms with Gasteiger partial charge < -0.3 is 15.0 Å². The summed E-state index contributed by atoms with van der Waals surface area (Å²) >= 11 is 0. The smallest absolute Gasteiger partial charge is 0.306 e. The second kappa shape index (κ2) is 9.59. The van der Waals surface area contributed by atoms with Crippen molar-refractivity contribution in [2.45, 2.75) is 25.8 Å². The molecule has 7 nitrogen and oxygen atoms in total. The molecule has 150 valence electrons. The minimum Gasteiger partial charge on any atom is -0.456 e. The maximum Gasteiger partial charge on any atom is 0.306 e. The lowest BCUT2D eigenvalue weighted by atomic mass is 10.2. The first kappa shape index (κ1) is 20.2. The predicted octanol–water partition coefficient (Wildman–Crippen LogP) is 2.24. The minimum atomic E-state index is -0.509. The molecule has 0 aliphatic rings. The van der Waals surface area contributed by atoms with Crippen molar-refractivity contribution in [3.63, 3.8) is 0 Å². The molecule has 1 aromatic heterocycles. The molecule has 0 fully saturated rings. The number of aromatic nitrogens is 2. The van der Waals surface area contributed by atoms with E-state index in [1.54, 1.807) is 36.4 Å². The number of nitrogens with zero attached hydrogens (tertiary/aromatic N) is 1. The SMILES string of the molecule is O=C(COC(=O)CCCc1nc2ccccc2c(=O)[nH]1)NCc1ccc(F)cc1. The van der Waals surface area contributed by atoms with E-state index in [2.05, 4.69) is 15.3 Å². The fraction of sp³-hybridized carbons (Fsp3) is 0.238. The number of nitrogens with one attached hydrogen (secondary N) is 2. The molecular weight excluding hydrogens is 377 g/mol. The van der Waals surface area contributed by atoms with Crippen LogP contribution in [0.4, 0.5) is 4.39 Å². The van der Waals surface area contributed by atoms with Crippen LogP contribution in [0.15, 0.2) is 53.3 Å². The summed E-state index contributed by atoms with van der Waals surface area (Å²) < 4.78 is 17.8. The molecule has 0 saturated heterocycles. The van der Waals surface area contributed by atoms with E-state index in [1.165, 1.54) is 12.1 Å². The van der Waals surface area contributed by atoms with E-state index in [1.807, 2.05) is 0 Å². The second-order valence-electron chi connectivity index (χ2n) is 6.45. The van der Waals surface area contributed by atoms with Crippen molar-refractivity contribution in [3.8, 4) is 0 Å². The van der Waals surface area contributed by atoms with E-state index in [0.717, 1.165) is 5.56 Å². The van der Waals surface area contributed by atoms with E-state index in [9.17, 15) is 18.8 Å². The van der Waals surface area contributed by atoms with E-state index in [4.69, 9.17) is 4.74 Å². The number of hydrogen-bond donors (Lipinski definition) is 2. The van der Waals surface area contributed by atoms with Gasteiger partial charge in [0.15, 0.2) is 6.61 Å². The highest BCUT2D eigenvalue weighted by molar-refractivity contribution is 5.80. The van der Waals surface area contributed by atoms with Crippen molar-refractivity contribution in [1.29, 1.82) is 0 Å². The van der Waals surface area contributed by atoms with Gasteiger partial charge in [-0.3, -0.25) is 14.4 Å². The summed E-state index contributed by atoms with van der Waals surface area (Å²) in [5, 5.41) is 3.11. The van der Waals surface area contributed by atoms with Crippen LogP contribution in [0.5, 0.6) is 0 Å². The number of H-pyrrole nitrogens is 1. The highest BCUT2D eigenvalue weighted by atomic mass is 19.1. The van der Waals surface area contributed by atoms with Crippen molar-refractivity contribution in [2.24, 2.45) is 0 Å². The van der Waals surface area contributed by atoms with E-state index >= 15 is 0 Å². The molecule has 0 spiro atoms. The topological polar surface area (TPSA) is 101 Å². The molecule has 0 aliphatic carbocycles. The average Bonchev–Trinajstić information content (AvgIpc) is 2.72. The Kier molecular flexibility index (Phi) is 6.67. The molecule has 0 unspecified atom stereocenters. The monoisotopic (exact) mass is 397 g/mol. The van der Waals surface area contributed by atoms with Gasteiger partial charge in [-0.25, -0.2) is 9.37 Å². The van der Waals surface area contributed by atoms with Crippen LogP contribution in [0, 0.1) is 5.82 Å². The normalized spacial score (nSPS) is 10.7. The Bertz CT molecular complexity index is 1060. The first-order valence-corrected chi connectivity index (χ1v) is 9.16. The Morgan fingerprint density at radius 2 is 1.86 bits per heavy atom. The van der Waals surface area contributed by atoms with Crippen molar-refractivity contribution in [1.82, 2.24) is 15.3 Å². The molecule has 1 amide bonds. The van der Waals surface area contributed by atoms with Gasteiger partial charge in [0.1, 0.15) is 11.6 Å². The highest BCUT2D eigenvalue weighted by Crippen LogP contribution is 2.07. The zero-order chi connectivity index (χ0) is 20.6. The van der Waals surface area contributed by atoms with Crippen LogP contribution in [0.2, 0.25) is 0 Å². The molecule has 29 heavy (non-hydrogen) atoms. The average molecular weight is 397 g/mol.